The minimum atomic E-state index is -1.09. The second kappa shape index (κ2) is 9.62. The van der Waals surface area contributed by atoms with Gasteiger partial charge in [-0.25, -0.2) is 0 Å². The third-order valence-electron chi connectivity index (χ3n) is 5.32. The highest BCUT2D eigenvalue weighted by Gasteiger charge is 2.32. The van der Waals surface area contributed by atoms with Crippen molar-refractivity contribution in [3.05, 3.63) is 95.1 Å². The molecule has 29 heavy (non-hydrogen) atoms. The van der Waals surface area contributed by atoms with Gasteiger partial charge in [-0.15, -0.1) is 0 Å². The number of ether oxygens (including phenoxy) is 2. The molecule has 1 N–H and O–H groups in total. The average Bonchev–Trinajstić information content (AvgIpc) is 2.75. The number of aliphatic hydroxyl groups is 1. The first kappa shape index (κ1) is 20.9. The maximum atomic E-state index is 11.9. The molecule has 0 saturated heterocycles. The van der Waals surface area contributed by atoms with Gasteiger partial charge in [-0.05, 0) is 35.2 Å². The van der Waals surface area contributed by atoms with Gasteiger partial charge in [0.05, 0.1) is 19.8 Å². The Labute approximate surface area is 173 Å². The summed E-state index contributed by atoms with van der Waals surface area (Å²) in [7, 11) is 3.34. The minimum Gasteiger partial charge on any atom is -0.496 e. The van der Waals surface area contributed by atoms with Gasteiger partial charge < -0.3 is 14.6 Å². The molecular weight excluding hydrogens is 360 g/mol. The Bertz CT molecular complexity index is 837. The van der Waals surface area contributed by atoms with E-state index in [0.29, 0.717) is 12.8 Å². The van der Waals surface area contributed by atoms with Crippen LogP contribution in [0.1, 0.15) is 35.6 Å². The molecule has 0 aliphatic heterocycles. The summed E-state index contributed by atoms with van der Waals surface area (Å²) in [5.74, 6) is 1.53. The zero-order chi connectivity index (χ0) is 20.7. The third-order valence-corrected chi connectivity index (χ3v) is 5.32. The van der Waals surface area contributed by atoms with Crippen LogP contribution in [0.15, 0.2) is 72.8 Å². The van der Waals surface area contributed by atoms with Crippen molar-refractivity contribution in [2.75, 3.05) is 14.2 Å². The van der Waals surface area contributed by atoms with Gasteiger partial charge in [0.2, 0.25) is 0 Å². The molecule has 0 fully saturated rings. The number of hydrogen-bond donors (Lipinski definition) is 1. The number of benzene rings is 3. The van der Waals surface area contributed by atoms with Crippen molar-refractivity contribution in [3.8, 4) is 11.5 Å². The van der Waals surface area contributed by atoms with Gasteiger partial charge in [-0.2, -0.15) is 0 Å². The molecule has 3 heteroatoms. The van der Waals surface area contributed by atoms with Crippen LogP contribution in [0, 0.1) is 0 Å². The van der Waals surface area contributed by atoms with Gasteiger partial charge in [0.15, 0.2) is 0 Å². The van der Waals surface area contributed by atoms with Crippen LogP contribution in [-0.2, 0) is 24.9 Å². The molecule has 3 nitrogen and oxygen atoms in total. The van der Waals surface area contributed by atoms with Crippen LogP contribution in [0.4, 0.5) is 0 Å². The molecule has 0 radical (unpaired) electrons. The highest BCUT2D eigenvalue weighted by molar-refractivity contribution is 5.50. The molecule has 0 unspecified atom stereocenters. The molecule has 0 spiro atoms. The van der Waals surface area contributed by atoms with E-state index in [1.807, 2.05) is 48.5 Å². The van der Waals surface area contributed by atoms with E-state index in [9.17, 15) is 5.11 Å². The van der Waals surface area contributed by atoms with Gasteiger partial charge in [0.25, 0.3) is 0 Å². The number of hydrogen-bond acceptors (Lipinski definition) is 3. The topological polar surface area (TPSA) is 38.7 Å². The normalized spacial score (nSPS) is 11.3. The van der Waals surface area contributed by atoms with E-state index in [1.54, 1.807) is 14.2 Å². The molecule has 3 aromatic rings. The van der Waals surface area contributed by atoms with Crippen molar-refractivity contribution in [2.45, 2.75) is 38.2 Å². The standard InChI is InChI=1S/C26H30O3/c1-4-11-23-24(28-2)16-22(17-25(23)29-3)26(27,18-20-12-7-5-8-13-20)19-21-14-9-6-10-15-21/h5-10,12-17,27H,4,11,18-19H2,1-3H3. The lowest BCUT2D eigenvalue weighted by molar-refractivity contribution is 0.0366. The summed E-state index contributed by atoms with van der Waals surface area (Å²) < 4.78 is 11.4. The Balaban J connectivity index is 2.09. The van der Waals surface area contributed by atoms with Gasteiger partial charge in [0, 0.05) is 18.4 Å². The molecule has 0 heterocycles. The van der Waals surface area contributed by atoms with E-state index in [4.69, 9.17) is 9.47 Å². The lowest BCUT2D eigenvalue weighted by atomic mass is 9.81. The Kier molecular flexibility index (Phi) is 6.95. The molecular formula is C26H30O3. The Morgan fingerprint density at radius 2 is 1.21 bits per heavy atom. The van der Waals surface area contributed by atoms with Crippen LogP contribution in [0.5, 0.6) is 11.5 Å². The van der Waals surface area contributed by atoms with Gasteiger partial charge in [-0.3, -0.25) is 0 Å². The summed E-state index contributed by atoms with van der Waals surface area (Å²) in [4.78, 5) is 0. The minimum absolute atomic E-state index is 0.502. The predicted molar refractivity (Wildman–Crippen MR) is 118 cm³/mol. The zero-order valence-electron chi connectivity index (χ0n) is 17.5. The molecule has 0 aromatic heterocycles. The van der Waals surface area contributed by atoms with E-state index in [2.05, 4.69) is 31.2 Å². The van der Waals surface area contributed by atoms with Crippen molar-refractivity contribution in [1.82, 2.24) is 0 Å². The first-order chi connectivity index (χ1) is 14.1. The van der Waals surface area contributed by atoms with E-state index in [0.717, 1.165) is 46.6 Å². The van der Waals surface area contributed by atoms with Crippen LogP contribution in [0.2, 0.25) is 0 Å². The largest absolute Gasteiger partial charge is 0.496 e. The summed E-state index contributed by atoms with van der Waals surface area (Å²) in [5.41, 5.74) is 2.93. The van der Waals surface area contributed by atoms with Crippen LogP contribution in [0.3, 0.4) is 0 Å². The molecule has 0 bridgehead atoms. The van der Waals surface area contributed by atoms with Crippen molar-refractivity contribution in [3.63, 3.8) is 0 Å². The second-order valence-electron chi connectivity index (χ2n) is 7.47. The fourth-order valence-corrected chi connectivity index (χ4v) is 3.88. The Hall–Kier alpha value is -2.78. The van der Waals surface area contributed by atoms with Crippen molar-refractivity contribution in [2.24, 2.45) is 0 Å². The second-order valence-corrected chi connectivity index (χ2v) is 7.47. The highest BCUT2D eigenvalue weighted by atomic mass is 16.5. The molecule has 0 saturated carbocycles. The fourth-order valence-electron chi connectivity index (χ4n) is 3.88. The van der Waals surface area contributed by atoms with Crippen LogP contribution in [-0.4, -0.2) is 19.3 Å². The smallest absolute Gasteiger partial charge is 0.126 e. The maximum absolute atomic E-state index is 11.9. The first-order valence-electron chi connectivity index (χ1n) is 10.1. The monoisotopic (exact) mass is 390 g/mol. The highest BCUT2D eigenvalue weighted by Crippen LogP contribution is 2.38. The van der Waals surface area contributed by atoms with E-state index in [1.165, 1.54) is 0 Å². The summed E-state index contributed by atoms with van der Waals surface area (Å²) in [6.07, 6.45) is 2.86. The average molecular weight is 391 g/mol. The van der Waals surface area contributed by atoms with Gasteiger partial charge in [0.1, 0.15) is 11.5 Å². The molecule has 0 aliphatic carbocycles. The fraction of sp³-hybridized carbons (Fsp3) is 0.308. The molecule has 0 atom stereocenters. The van der Waals surface area contributed by atoms with E-state index < -0.39 is 5.60 Å². The maximum Gasteiger partial charge on any atom is 0.126 e. The number of rotatable bonds is 9. The van der Waals surface area contributed by atoms with Gasteiger partial charge in [-0.1, -0.05) is 74.0 Å². The van der Waals surface area contributed by atoms with E-state index in [-0.39, 0.29) is 0 Å². The Morgan fingerprint density at radius 1 is 0.759 bits per heavy atom. The number of methoxy groups -OCH3 is 2. The first-order valence-corrected chi connectivity index (χ1v) is 10.1. The van der Waals surface area contributed by atoms with Crippen molar-refractivity contribution < 1.29 is 14.6 Å². The lowest BCUT2D eigenvalue weighted by Gasteiger charge is -2.31. The Morgan fingerprint density at radius 3 is 1.59 bits per heavy atom. The summed E-state index contributed by atoms with van der Waals surface area (Å²) >= 11 is 0. The van der Waals surface area contributed by atoms with Crippen molar-refractivity contribution >= 4 is 0 Å². The molecule has 3 aromatic carbocycles. The van der Waals surface area contributed by atoms with Crippen LogP contribution < -0.4 is 9.47 Å². The third kappa shape index (κ3) is 4.99. The van der Waals surface area contributed by atoms with E-state index >= 15 is 0 Å². The molecule has 152 valence electrons. The summed E-state index contributed by atoms with van der Waals surface area (Å²) in [6, 6.07) is 24.1. The molecule has 0 aliphatic rings. The van der Waals surface area contributed by atoms with Gasteiger partial charge >= 0.3 is 0 Å². The quantitative estimate of drug-likeness (QED) is 0.537. The SMILES string of the molecule is CCCc1c(OC)cc(C(O)(Cc2ccccc2)Cc2ccccc2)cc1OC. The zero-order valence-corrected chi connectivity index (χ0v) is 17.5. The lowest BCUT2D eigenvalue weighted by Crippen LogP contribution is -2.31. The van der Waals surface area contributed by atoms with Crippen LogP contribution >= 0.6 is 0 Å². The summed E-state index contributed by atoms with van der Waals surface area (Å²) in [6.45, 7) is 2.13. The van der Waals surface area contributed by atoms with Crippen LogP contribution in [0.25, 0.3) is 0 Å². The summed E-state index contributed by atoms with van der Waals surface area (Å²) in [5, 5.41) is 11.9. The molecule has 0 amide bonds. The van der Waals surface area contributed by atoms with Crippen molar-refractivity contribution in [1.29, 1.82) is 0 Å². The molecule has 3 rings (SSSR count). The predicted octanol–water partition coefficient (Wildman–Crippen LogP) is 5.33.